The van der Waals surface area contributed by atoms with Crippen molar-refractivity contribution in [2.24, 2.45) is 0 Å². The summed E-state index contributed by atoms with van der Waals surface area (Å²) in [6.45, 7) is 14.6. The van der Waals surface area contributed by atoms with Crippen LogP contribution in [0.4, 0.5) is 0 Å². The van der Waals surface area contributed by atoms with Crippen molar-refractivity contribution in [3.8, 4) is 0 Å². The molecule has 1 heteroatoms. The average molecular weight is 233 g/mol. The Hall–Kier alpha value is -0.820. The number of benzene rings is 1. The van der Waals surface area contributed by atoms with Gasteiger partial charge < -0.3 is 5.32 Å². The van der Waals surface area contributed by atoms with E-state index in [1.54, 1.807) is 0 Å². The highest BCUT2D eigenvalue weighted by Crippen LogP contribution is 2.31. The number of rotatable bonds is 5. The minimum absolute atomic E-state index is 0.234. The van der Waals surface area contributed by atoms with Crippen molar-refractivity contribution in [1.82, 2.24) is 5.32 Å². The van der Waals surface area contributed by atoms with E-state index in [1.807, 2.05) is 0 Å². The summed E-state index contributed by atoms with van der Waals surface area (Å²) in [4.78, 5) is 0. The Kier molecular flexibility index (Phi) is 4.76. The Labute approximate surface area is 107 Å². The molecule has 0 aromatic heterocycles. The van der Waals surface area contributed by atoms with Gasteiger partial charge in [-0.25, -0.2) is 0 Å². The maximum Gasteiger partial charge on any atom is 0.00468 e. The van der Waals surface area contributed by atoms with Crippen molar-refractivity contribution in [1.29, 1.82) is 0 Å². The third-order valence-corrected chi connectivity index (χ3v) is 3.49. The first kappa shape index (κ1) is 14.2. The maximum atomic E-state index is 3.51. The fraction of sp³-hybridized carbons (Fsp3) is 0.625. The van der Waals surface area contributed by atoms with Crippen LogP contribution in [-0.4, -0.2) is 12.6 Å². The molecule has 0 aliphatic rings. The molecule has 1 aromatic carbocycles. The zero-order chi connectivity index (χ0) is 13.1. The molecule has 96 valence electrons. The Morgan fingerprint density at radius 1 is 1.24 bits per heavy atom. The summed E-state index contributed by atoms with van der Waals surface area (Å²) in [7, 11) is 0. The smallest absolute Gasteiger partial charge is 0.00468 e. The van der Waals surface area contributed by atoms with E-state index in [0.717, 1.165) is 6.54 Å². The first-order valence-electron chi connectivity index (χ1n) is 6.68. The van der Waals surface area contributed by atoms with E-state index in [1.165, 1.54) is 23.1 Å². The SMILES string of the molecule is CCNC(C)CC(C)(C)c1cc(C)ccc1C. The molecule has 17 heavy (non-hydrogen) atoms. The topological polar surface area (TPSA) is 12.0 Å². The third-order valence-electron chi connectivity index (χ3n) is 3.49. The van der Waals surface area contributed by atoms with Gasteiger partial charge in [-0.3, -0.25) is 0 Å². The van der Waals surface area contributed by atoms with Crippen molar-refractivity contribution in [2.75, 3.05) is 6.54 Å². The summed E-state index contributed by atoms with van der Waals surface area (Å²) in [6, 6.07) is 7.34. The fourth-order valence-electron chi connectivity index (χ4n) is 2.76. The zero-order valence-electron chi connectivity index (χ0n) is 12.2. The molecule has 0 aliphatic heterocycles. The largest absolute Gasteiger partial charge is 0.315 e. The number of hydrogen-bond acceptors (Lipinski definition) is 1. The molecule has 0 heterocycles. The first-order chi connectivity index (χ1) is 7.86. The zero-order valence-corrected chi connectivity index (χ0v) is 12.2. The molecule has 1 atom stereocenters. The molecule has 0 fully saturated rings. The van der Waals surface area contributed by atoms with Gasteiger partial charge in [-0.2, -0.15) is 0 Å². The van der Waals surface area contributed by atoms with Crippen molar-refractivity contribution in [3.05, 3.63) is 34.9 Å². The molecule has 1 nitrogen and oxygen atoms in total. The number of nitrogens with one attached hydrogen (secondary N) is 1. The molecule has 0 radical (unpaired) electrons. The molecule has 1 unspecified atom stereocenters. The van der Waals surface area contributed by atoms with Gasteiger partial charge in [0.25, 0.3) is 0 Å². The Balaban J connectivity index is 2.91. The molecule has 0 aliphatic carbocycles. The van der Waals surface area contributed by atoms with Crippen LogP contribution in [0.15, 0.2) is 18.2 Å². The summed E-state index contributed by atoms with van der Waals surface area (Å²) in [6.07, 6.45) is 1.17. The lowest BCUT2D eigenvalue weighted by atomic mass is 9.77. The summed E-state index contributed by atoms with van der Waals surface area (Å²) in [5.41, 5.74) is 4.49. The van der Waals surface area contributed by atoms with E-state index in [-0.39, 0.29) is 5.41 Å². The normalized spacial score (nSPS) is 13.8. The van der Waals surface area contributed by atoms with Crippen molar-refractivity contribution >= 4 is 0 Å². The second-order valence-electron chi connectivity index (χ2n) is 5.87. The molecule has 0 saturated carbocycles. The molecule has 1 N–H and O–H groups in total. The minimum atomic E-state index is 0.234. The second kappa shape index (κ2) is 5.68. The minimum Gasteiger partial charge on any atom is -0.315 e. The molecular weight excluding hydrogens is 206 g/mol. The Bertz CT molecular complexity index is 366. The lowest BCUT2D eigenvalue weighted by Gasteiger charge is -2.31. The van der Waals surface area contributed by atoms with Gasteiger partial charge in [0.1, 0.15) is 0 Å². The highest BCUT2D eigenvalue weighted by molar-refractivity contribution is 5.35. The van der Waals surface area contributed by atoms with Gasteiger partial charge in [0.2, 0.25) is 0 Å². The summed E-state index contributed by atoms with van der Waals surface area (Å²) in [5.74, 6) is 0. The van der Waals surface area contributed by atoms with Gasteiger partial charge in [0.15, 0.2) is 0 Å². The molecule has 0 spiro atoms. The summed E-state index contributed by atoms with van der Waals surface area (Å²) in [5, 5.41) is 3.51. The van der Waals surface area contributed by atoms with E-state index in [4.69, 9.17) is 0 Å². The standard InChI is InChI=1S/C16H27N/c1-7-17-14(4)11-16(5,6)15-10-12(2)8-9-13(15)3/h8-10,14,17H,7,11H2,1-6H3. The van der Waals surface area contributed by atoms with Crippen LogP contribution in [0, 0.1) is 13.8 Å². The highest BCUT2D eigenvalue weighted by Gasteiger charge is 2.24. The first-order valence-corrected chi connectivity index (χ1v) is 6.68. The average Bonchev–Trinajstić information content (AvgIpc) is 2.21. The second-order valence-corrected chi connectivity index (χ2v) is 5.87. The monoisotopic (exact) mass is 233 g/mol. The van der Waals surface area contributed by atoms with Crippen LogP contribution in [0.3, 0.4) is 0 Å². The number of hydrogen-bond donors (Lipinski definition) is 1. The Morgan fingerprint density at radius 2 is 1.88 bits per heavy atom. The van der Waals surface area contributed by atoms with Crippen LogP contribution >= 0.6 is 0 Å². The lowest BCUT2D eigenvalue weighted by molar-refractivity contribution is 0.393. The van der Waals surface area contributed by atoms with E-state index in [9.17, 15) is 0 Å². The van der Waals surface area contributed by atoms with Crippen LogP contribution < -0.4 is 5.32 Å². The number of aryl methyl sites for hydroxylation is 2. The van der Waals surface area contributed by atoms with E-state index >= 15 is 0 Å². The molecule has 1 aromatic rings. The van der Waals surface area contributed by atoms with Crippen LogP contribution in [0.5, 0.6) is 0 Å². The van der Waals surface area contributed by atoms with E-state index < -0.39 is 0 Å². The van der Waals surface area contributed by atoms with Crippen LogP contribution in [0.2, 0.25) is 0 Å². The van der Waals surface area contributed by atoms with E-state index in [2.05, 4.69) is 65.1 Å². The van der Waals surface area contributed by atoms with Crippen molar-refractivity contribution < 1.29 is 0 Å². The molecule has 0 amide bonds. The predicted molar refractivity (Wildman–Crippen MR) is 76.7 cm³/mol. The predicted octanol–water partition coefficient (Wildman–Crippen LogP) is 3.97. The van der Waals surface area contributed by atoms with Crippen LogP contribution in [0.25, 0.3) is 0 Å². The third kappa shape index (κ3) is 3.85. The fourth-order valence-corrected chi connectivity index (χ4v) is 2.76. The van der Waals surface area contributed by atoms with Gasteiger partial charge in [-0.05, 0) is 50.3 Å². The van der Waals surface area contributed by atoms with Gasteiger partial charge >= 0.3 is 0 Å². The maximum absolute atomic E-state index is 3.51. The molecule has 1 rings (SSSR count). The quantitative estimate of drug-likeness (QED) is 0.811. The summed E-state index contributed by atoms with van der Waals surface area (Å²) < 4.78 is 0. The molecule has 0 saturated heterocycles. The van der Waals surface area contributed by atoms with Crippen LogP contribution in [-0.2, 0) is 5.41 Å². The highest BCUT2D eigenvalue weighted by atomic mass is 14.9. The van der Waals surface area contributed by atoms with Crippen molar-refractivity contribution in [3.63, 3.8) is 0 Å². The lowest BCUT2D eigenvalue weighted by Crippen LogP contribution is -2.33. The van der Waals surface area contributed by atoms with Gasteiger partial charge in [0.05, 0.1) is 0 Å². The van der Waals surface area contributed by atoms with Gasteiger partial charge in [0, 0.05) is 6.04 Å². The van der Waals surface area contributed by atoms with Gasteiger partial charge in [-0.15, -0.1) is 0 Å². The Morgan fingerprint density at radius 3 is 2.47 bits per heavy atom. The van der Waals surface area contributed by atoms with Crippen molar-refractivity contribution in [2.45, 2.75) is 59.4 Å². The molecular formula is C16H27N. The summed E-state index contributed by atoms with van der Waals surface area (Å²) >= 11 is 0. The van der Waals surface area contributed by atoms with E-state index in [0.29, 0.717) is 6.04 Å². The molecule has 0 bridgehead atoms. The van der Waals surface area contributed by atoms with Gasteiger partial charge in [-0.1, -0.05) is 44.5 Å². The van der Waals surface area contributed by atoms with Crippen LogP contribution in [0.1, 0.15) is 50.8 Å².